The fourth-order valence-corrected chi connectivity index (χ4v) is 4.77. The largest absolute Gasteiger partial charge is 0.481 e. The summed E-state index contributed by atoms with van der Waals surface area (Å²) in [6.07, 6.45) is 27.8. The van der Waals surface area contributed by atoms with E-state index in [1.807, 2.05) is 0 Å². The number of hydrogen-bond donors (Lipinski definition) is 2. The highest BCUT2D eigenvalue weighted by Crippen LogP contribution is 2.22. The van der Waals surface area contributed by atoms with E-state index in [1.165, 1.54) is 116 Å². The average Bonchev–Trinajstić information content (AvgIpc) is 2.77. The molecule has 2 N–H and O–H groups in total. The SMILES string of the molecule is O=C(O)CCCCCCCCCCCCCCCCCCC(=O)NCC1CCCCC1. The number of amides is 1. The Morgan fingerprint density at radius 1 is 0.581 bits per heavy atom. The Morgan fingerprint density at radius 2 is 0.968 bits per heavy atom. The number of carboxylic acid groups (broad SMARTS) is 1. The predicted octanol–water partition coefficient (Wildman–Crippen LogP) is 7.79. The van der Waals surface area contributed by atoms with E-state index in [4.69, 9.17) is 5.11 Å². The lowest BCUT2D eigenvalue weighted by Crippen LogP contribution is -2.29. The summed E-state index contributed by atoms with van der Waals surface area (Å²) in [5.74, 6) is 0.340. The summed E-state index contributed by atoms with van der Waals surface area (Å²) in [5.41, 5.74) is 0. The second-order valence-electron chi connectivity index (χ2n) is 9.86. The van der Waals surface area contributed by atoms with E-state index in [-0.39, 0.29) is 5.91 Å². The third kappa shape index (κ3) is 19.4. The second kappa shape index (κ2) is 20.8. The van der Waals surface area contributed by atoms with E-state index >= 15 is 0 Å². The number of nitrogens with one attached hydrogen (secondary N) is 1. The van der Waals surface area contributed by atoms with Crippen LogP contribution in [0.15, 0.2) is 0 Å². The number of carbonyl (C=O) groups is 2. The fraction of sp³-hybridized carbons (Fsp3) is 0.926. The zero-order valence-corrected chi connectivity index (χ0v) is 20.3. The van der Waals surface area contributed by atoms with Crippen molar-refractivity contribution in [3.8, 4) is 0 Å². The smallest absolute Gasteiger partial charge is 0.303 e. The molecule has 0 aromatic carbocycles. The Labute approximate surface area is 192 Å². The van der Waals surface area contributed by atoms with Crippen LogP contribution < -0.4 is 5.32 Å². The number of carbonyl (C=O) groups excluding carboxylic acids is 1. The second-order valence-corrected chi connectivity index (χ2v) is 9.86. The van der Waals surface area contributed by atoms with Gasteiger partial charge in [0.2, 0.25) is 5.91 Å². The van der Waals surface area contributed by atoms with Crippen molar-refractivity contribution in [1.82, 2.24) is 5.32 Å². The summed E-state index contributed by atoms with van der Waals surface area (Å²) in [6.45, 7) is 0.910. The van der Waals surface area contributed by atoms with E-state index in [9.17, 15) is 9.59 Å². The fourth-order valence-electron chi connectivity index (χ4n) is 4.77. The lowest BCUT2D eigenvalue weighted by molar-refractivity contribution is -0.137. The molecule has 0 spiro atoms. The maximum Gasteiger partial charge on any atom is 0.303 e. The predicted molar refractivity (Wildman–Crippen MR) is 130 cm³/mol. The van der Waals surface area contributed by atoms with Crippen molar-refractivity contribution in [3.63, 3.8) is 0 Å². The average molecular weight is 438 g/mol. The van der Waals surface area contributed by atoms with Crippen LogP contribution >= 0.6 is 0 Å². The number of aliphatic carboxylic acids is 1. The van der Waals surface area contributed by atoms with Gasteiger partial charge in [0.05, 0.1) is 0 Å². The van der Waals surface area contributed by atoms with Crippen molar-refractivity contribution in [3.05, 3.63) is 0 Å². The van der Waals surface area contributed by atoms with Gasteiger partial charge in [0.25, 0.3) is 0 Å². The Bertz CT molecular complexity index is 432. The molecular weight excluding hydrogens is 386 g/mol. The molecule has 0 atom stereocenters. The third-order valence-electron chi connectivity index (χ3n) is 6.86. The highest BCUT2D eigenvalue weighted by atomic mass is 16.4. The first-order chi connectivity index (χ1) is 15.2. The Kier molecular flexibility index (Phi) is 18.8. The van der Waals surface area contributed by atoms with Gasteiger partial charge in [-0.05, 0) is 31.6 Å². The van der Waals surface area contributed by atoms with Crippen LogP contribution in [-0.2, 0) is 9.59 Å². The van der Waals surface area contributed by atoms with Gasteiger partial charge in [0, 0.05) is 19.4 Å². The highest BCUT2D eigenvalue weighted by molar-refractivity contribution is 5.75. The monoisotopic (exact) mass is 437 g/mol. The molecule has 0 heterocycles. The van der Waals surface area contributed by atoms with Gasteiger partial charge in [0.15, 0.2) is 0 Å². The number of unbranched alkanes of at least 4 members (excludes halogenated alkanes) is 15. The Morgan fingerprint density at radius 3 is 1.39 bits per heavy atom. The maximum atomic E-state index is 11.9. The summed E-state index contributed by atoms with van der Waals surface area (Å²) in [6, 6.07) is 0. The first kappa shape index (κ1) is 28.0. The molecule has 1 rings (SSSR count). The topological polar surface area (TPSA) is 66.4 Å². The molecule has 4 heteroatoms. The summed E-state index contributed by atoms with van der Waals surface area (Å²) < 4.78 is 0. The van der Waals surface area contributed by atoms with Crippen LogP contribution in [0.25, 0.3) is 0 Å². The zero-order valence-electron chi connectivity index (χ0n) is 20.3. The molecule has 1 aliphatic rings. The minimum absolute atomic E-state index is 0.267. The minimum Gasteiger partial charge on any atom is -0.481 e. The van der Waals surface area contributed by atoms with Crippen molar-refractivity contribution >= 4 is 11.9 Å². The molecule has 182 valence electrons. The van der Waals surface area contributed by atoms with Crippen molar-refractivity contribution < 1.29 is 14.7 Å². The number of rotatable bonds is 21. The molecule has 1 amide bonds. The lowest BCUT2D eigenvalue weighted by Gasteiger charge is -2.21. The van der Waals surface area contributed by atoms with Crippen LogP contribution in [0.2, 0.25) is 0 Å². The van der Waals surface area contributed by atoms with E-state index in [0.717, 1.165) is 38.1 Å². The molecule has 1 saturated carbocycles. The van der Waals surface area contributed by atoms with E-state index in [0.29, 0.717) is 6.42 Å². The zero-order chi connectivity index (χ0) is 22.4. The van der Waals surface area contributed by atoms with Gasteiger partial charge in [-0.1, -0.05) is 109 Å². The number of carboxylic acids is 1. The summed E-state index contributed by atoms with van der Waals surface area (Å²) >= 11 is 0. The van der Waals surface area contributed by atoms with Crippen LogP contribution in [0, 0.1) is 5.92 Å². The van der Waals surface area contributed by atoms with Crippen LogP contribution in [-0.4, -0.2) is 23.5 Å². The van der Waals surface area contributed by atoms with Gasteiger partial charge < -0.3 is 10.4 Å². The Balaban J connectivity index is 1.70. The standard InChI is InChI=1S/C27H51NO3/c29-26(28-24-25-20-16-15-17-21-25)22-18-13-11-9-7-5-3-1-2-4-6-8-10-12-14-19-23-27(30)31/h25H,1-24H2,(H,28,29)(H,30,31). The molecule has 0 aliphatic heterocycles. The third-order valence-corrected chi connectivity index (χ3v) is 6.86. The van der Waals surface area contributed by atoms with Gasteiger partial charge in [0.1, 0.15) is 0 Å². The normalized spacial score (nSPS) is 14.6. The van der Waals surface area contributed by atoms with Gasteiger partial charge in [-0.2, -0.15) is 0 Å². The molecule has 0 aromatic rings. The Hall–Kier alpha value is -1.06. The van der Waals surface area contributed by atoms with Gasteiger partial charge in [-0.15, -0.1) is 0 Å². The lowest BCUT2D eigenvalue weighted by atomic mass is 9.89. The van der Waals surface area contributed by atoms with E-state index < -0.39 is 5.97 Å². The van der Waals surface area contributed by atoms with Crippen molar-refractivity contribution in [2.45, 2.75) is 148 Å². The molecule has 1 aliphatic carbocycles. The molecule has 4 nitrogen and oxygen atoms in total. The first-order valence-corrected chi connectivity index (χ1v) is 13.7. The molecule has 0 saturated heterocycles. The highest BCUT2D eigenvalue weighted by Gasteiger charge is 2.13. The number of hydrogen-bond acceptors (Lipinski definition) is 2. The summed E-state index contributed by atoms with van der Waals surface area (Å²) in [7, 11) is 0. The molecular formula is C27H51NO3. The minimum atomic E-state index is -0.663. The molecule has 0 aromatic heterocycles. The van der Waals surface area contributed by atoms with Crippen molar-refractivity contribution in [1.29, 1.82) is 0 Å². The first-order valence-electron chi connectivity index (χ1n) is 13.7. The van der Waals surface area contributed by atoms with Crippen molar-refractivity contribution in [2.75, 3.05) is 6.54 Å². The molecule has 0 bridgehead atoms. The van der Waals surface area contributed by atoms with Crippen LogP contribution in [0.3, 0.4) is 0 Å². The summed E-state index contributed by atoms with van der Waals surface area (Å²) in [4.78, 5) is 22.4. The summed E-state index contributed by atoms with van der Waals surface area (Å²) in [5, 5.41) is 11.7. The quantitative estimate of drug-likeness (QED) is 0.180. The molecule has 0 radical (unpaired) electrons. The maximum absolute atomic E-state index is 11.9. The van der Waals surface area contributed by atoms with Crippen LogP contribution in [0.4, 0.5) is 0 Å². The molecule has 0 unspecified atom stereocenters. The van der Waals surface area contributed by atoms with Crippen molar-refractivity contribution in [2.24, 2.45) is 5.92 Å². The van der Waals surface area contributed by atoms with Crippen LogP contribution in [0.5, 0.6) is 0 Å². The van der Waals surface area contributed by atoms with Crippen LogP contribution in [0.1, 0.15) is 148 Å². The molecule has 1 fully saturated rings. The van der Waals surface area contributed by atoms with Gasteiger partial charge in [-0.3, -0.25) is 9.59 Å². The van der Waals surface area contributed by atoms with Gasteiger partial charge in [-0.25, -0.2) is 0 Å². The van der Waals surface area contributed by atoms with Gasteiger partial charge >= 0.3 is 5.97 Å². The van der Waals surface area contributed by atoms with E-state index in [2.05, 4.69) is 5.32 Å². The molecule has 31 heavy (non-hydrogen) atoms. The van der Waals surface area contributed by atoms with E-state index in [1.54, 1.807) is 0 Å².